The smallest absolute Gasteiger partial charge is 0.333 e. The van der Waals surface area contributed by atoms with Gasteiger partial charge in [-0.3, -0.25) is 9.59 Å². The SMILES string of the molecule is C=C(C)C(=O)OCCC(O)COC(=O)CCSCC(C)C(=O)N1CCOCC1. The number of carbonyl (C=O) groups is 3. The molecule has 0 saturated carbocycles. The summed E-state index contributed by atoms with van der Waals surface area (Å²) in [6.45, 7) is 9.22. The van der Waals surface area contributed by atoms with E-state index in [0.717, 1.165) is 0 Å². The molecule has 0 aromatic carbocycles. The highest BCUT2D eigenvalue weighted by atomic mass is 32.2. The molecule has 1 N–H and O–H groups in total. The average molecular weight is 418 g/mol. The zero-order valence-corrected chi connectivity index (χ0v) is 17.5. The molecule has 0 aliphatic carbocycles. The van der Waals surface area contributed by atoms with Crippen LogP contribution in [0.4, 0.5) is 0 Å². The molecular formula is C19H31NO7S. The molecule has 1 fully saturated rings. The van der Waals surface area contributed by atoms with Gasteiger partial charge in [-0.2, -0.15) is 11.8 Å². The van der Waals surface area contributed by atoms with Crippen LogP contribution in [-0.4, -0.2) is 85.0 Å². The Morgan fingerprint density at radius 1 is 1.25 bits per heavy atom. The topological polar surface area (TPSA) is 102 Å². The second-order valence-electron chi connectivity index (χ2n) is 6.71. The van der Waals surface area contributed by atoms with Gasteiger partial charge >= 0.3 is 11.9 Å². The zero-order valence-electron chi connectivity index (χ0n) is 16.7. The van der Waals surface area contributed by atoms with Crippen molar-refractivity contribution in [1.82, 2.24) is 4.90 Å². The first-order chi connectivity index (χ1) is 13.3. The quantitative estimate of drug-likeness (QED) is 0.285. The van der Waals surface area contributed by atoms with E-state index in [1.807, 2.05) is 11.8 Å². The number of aliphatic hydroxyl groups is 1. The number of amides is 1. The molecule has 0 aromatic heterocycles. The first-order valence-corrected chi connectivity index (χ1v) is 10.6. The van der Waals surface area contributed by atoms with Crippen molar-refractivity contribution in [2.45, 2.75) is 32.8 Å². The zero-order chi connectivity index (χ0) is 20.9. The Morgan fingerprint density at radius 2 is 1.93 bits per heavy atom. The summed E-state index contributed by atoms with van der Waals surface area (Å²) < 4.78 is 15.1. The average Bonchev–Trinajstić information content (AvgIpc) is 2.69. The maximum Gasteiger partial charge on any atom is 0.333 e. The largest absolute Gasteiger partial charge is 0.463 e. The van der Waals surface area contributed by atoms with Crippen LogP contribution >= 0.6 is 11.8 Å². The molecule has 8 nitrogen and oxygen atoms in total. The minimum atomic E-state index is -0.888. The molecule has 1 heterocycles. The lowest BCUT2D eigenvalue weighted by Crippen LogP contribution is -2.43. The molecule has 9 heteroatoms. The number of esters is 2. The van der Waals surface area contributed by atoms with Gasteiger partial charge in [0.1, 0.15) is 6.61 Å². The van der Waals surface area contributed by atoms with Gasteiger partial charge < -0.3 is 24.2 Å². The third-order valence-corrected chi connectivity index (χ3v) is 5.26. The van der Waals surface area contributed by atoms with Crippen LogP contribution in [0.15, 0.2) is 12.2 Å². The number of hydrogen-bond acceptors (Lipinski definition) is 8. The summed E-state index contributed by atoms with van der Waals surface area (Å²) in [6, 6.07) is 0. The molecule has 0 spiro atoms. The van der Waals surface area contributed by atoms with Crippen LogP contribution < -0.4 is 0 Å². The van der Waals surface area contributed by atoms with Gasteiger partial charge in [0.2, 0.25) is 5.91 Å². The molecule has 1 rings (SSSR count). The lowest BCUT2D eigenvalue weighted by molar-refractivity contribution is -0.147. The number of nitrogens with zero attached hydrogens (tertiary/aromatic N) is 1. The van der Waals surface area contributed by atoms with Gasteiger partial charge in [-0.05, 0) is 6.92 Å². The highest BCUT2D eigenvalue weighted by Gasteiger charge is 2.22. The lowest BCUT2D eigenvalue weighted by Gasteiger charge is -2.29. The minimum absolute atomic E-state index is 0.0370. The van der Waals surface area contributed by atoms with Gasteiger partial charge in [0.05, 0.1) is 32.3 Å². The second kappa shape index (κ2) is 13.6. The normalized spacial score (nSPS) is 16.2. The predicted octanol–water partition coefficient (Wildman–Crippen LogP) is 1.02. The van der Waals surface area contributed by atoms with Crippen LogP contribution in [0, 0.1) is 5.92 Å². The van der Waals surface area contributed by atoms with E-state index in [-0.39, 0.29) is 37.9 Å². The summed E-state index contributed by atoms with van der Waals surface area (Å²) in [5, 5.41) is 9.73. The first-order valence-electron chi connectivity index (χ1n) is 9.41. The third-order valence-electron chi connectivity index (χ3n) is 4.03. The molecule has 0 bridgehead atoms. The summed E-state index contributed by atoms with van der Waals surface area (Å²) in [6.07, 6.45) is -0.497. The fourth-order valence-electron chi connectivity index (χ4n) is 2.34. The van der Waals surface area contributed by atoms with Crippen molar-refractivity contribution in [2.24, 2.45) is 5.92 Å². The van der Waals surface area contributed by atoms with Gasteiger partial charge in [0.25, 0.3) is 0 Å². The fraction of sp³-hybridized carbons (Fsp3) is 0.737. The minimum Gasteiger partial charge on any atom is -0.463 e. The molecule has 0 radical (unpaired) electrons. The van der Waals surface area contributed by atoms with Crippen molar-refractivity contribution in [3.8, 4) is 0 Å². The number of aliphatic hydroxyl groups excluding tert-OH is 1. The Hall–Kier alpha value is -1.58. The standard InChI is InChI=1S/C19H31NO7S/c1-14(2)19(24)26-8-4-16(21)12-27-17(22)5-11-28-13-15(3)18(23)20-6-9-25-10-7-20/h15-16,21H,1,4-13H2,2-3H3. The molecule has 2 atom stereocenters. The molecule has 0 aromatic rings. The van der Waals surface area contributed by atoms with E-state index in [9.17, 15) is 19.5 Å². The van der Waals surface area contributed by atoms with Crippen molar-refractivity contribution >= 4 is 29.6 Å². The van der Waals surface area contributed by atoms with E-state index in [4.69, 9.17) is 14.2 Å². The van der Waals surface area contributed by atoms with Crippen LogP contribution in [0.5, 0.6) is 0 Å². The molecule has 160 valence electrons. The maximum atomic E-state index is 12.3. The molecule has 28 heavy (non-hydrogen) atoms. The summed E-state index contributed by atoms with van der Waals surface area (Å²) in [4.78, 5) is 37.0. The number of rotatable bonds is 12. The van der Waals surface area contributed by atoms with Gasteiger partial charge in [-0.15, -0.1) is 0 Å². The van der Waals surface area contributed by atoms with E-state index >= 15 is 0 Å². The van der Waals surface area contributed by atoms with Gasteiger partial charge in [-0.1, -0.05) is 13.5 Å². The second-order valence-corrected chi connectivity index (χ2v) is 7.86. The Balaban J connectivity index is 2.07. The number of carbonyl (C=O) groups excluding carboxylic acids is 3. The van der Waals surface area contributed by atoms with Gasteiger partial charge in [0.15, 0.2) is 0 Å². The van der Waals surface area contributed by atoms with Crippen molar-refractivity contribution in [3.63, 3.8) is 0 Å². The van der Waals surface area contributed by atoms with Crippen molar-refractivity contribution in [3.05, 3.63) is 12.2 Å². The Labute approximate surface area is 170 Å². The van der Waals surface area contributed by atoms with E-state index in [0.29, 0.717) is 43.4 Å². The van der Waals surface area contributed by atoms with Crippen molar-refractivity contribution in [1.29, 1.82) is 0 Å². The number of hydrogen-bond donors (Lipinski definition) is 1. The predicted molar refractivity (Wildman–Crippen MR) is 106 cm³/mol. The molecule has 1 amide bonds. The molecule has 1 aliphatic rings. The first kappa shape index (κ1) is 24.5. The monoisotopic (exact) mass is 417 g/mol. The fourth-order valence-corrected chi connectivity index (χ4v) is 3.31. The van der Waals surface area contributed by atoms with Crippen molar-refractivity contribution < 1.29 is 33.7 Å². The van der Waals surface area contributed by atoms with E-state index in [1.54, 1.807) is 0 Å². The van der Waals surface area contributed by atoms with E-state index in [1.165, 1.54) is 18.7 Å². The van der Waals surface area contributed by atoms with E-state index in [2.05, 4.69) is 6.58 Å². The van der Waals surface area contributed by atoms with Crippen LogP contribution in [0.1, 0.15) is 26.7 Å². The van der Waals surface area contributed by atoms with Crippen LogP contribution in [0.3, 0.4) is 0 Å². The molecular weight excluding hydrogens is 386 g/mol. The van der Waals surface area contributed by atoms with Crippen LogP contribution in [-0.2, 0) is 28.6 Å². The summed E-state index contributed by atoms with van der Waals surface area (Å²) in [5.41, 5.74) is 0.291. The Morgan fingerprint density at radius 3 is 2.57 bits per heavy atom. The van der Waals surface area contributed by atoms with Gasteiger partial charge in [-0.25, -0.2) is 4.79 Å². The maximum absolute atomic E-state index is 12.3. The van der Waals surface area contributed by atoms with Crippen molar-refractivity contribution in [2.75, 3.05) is 51.0 Å². The lowest BCUT2D eigenvalue weighted by atomic mass is 10.2. The van der Waals surface area contributed by atoms with Gasteiger partial charge in [0, 0.05) is 42.5 Å². The summed E-state index contributed by atoms with van der Waals surface area (Å²) >= 11 is 1.53. The molecule has 1 aliphatic heterocycles. The number of ether oxygens (including phenoxy) is 3. The van der Waals surface area contributed by atoms with Crippen LogP contribution in [0.2, 0.25) is 0 Å². The highest BCUT2D eigenvalue weighted by molar-refractivity contribution is 7.99. The summed E-state index contributed by atoms with van der Waals surface area (Å²) in [5.74, 6) is 0.281. The Bertz CT molecular complexity index is 534. The molecule has 1 saturated heterocycles. The summed E-state index contributed by atoms with van der Waals surface area (Å²) in [7, 11) is 0. The number of thioether (sulfide) groups is 1. The third kappa shape index (κ3) is 10.1. The number of morpholine rings is 1. The highest BCUT2D eigenvalue weighted by Crippen LogP contribution is 2.14. The molecule has 2 unspecified atom stereocenters. The Kier molecular flexibility index (Phi) is 11.9. The van der Waals surface area contributed by atoms with E-state index < -0.39 is 18.0 Å². The van der Waals surface area contributed by atoms with Crippen LogP contribution in [0.25, 0.3) is 0 Å².